The lowest BCUT2D eigenvalue weighted by atomic mass is 10.1. The molecule has 2 heterocycles. The average Bonchev–Trinajstić information content (AvgIpc) is 3.10. The summed E-state index contributed by atoms with van der Waals surface area (Å²) in [6.07, 6.45) is 0.858. The molecule has 5 heteroatoms. The van der Waals surface area contributed by atoms with Gasteiger partial charge in [-0.15, -0.1) is 0 Å². The first-order valence-corrected chi connectivity index (χ1v) is 8.69. The first-order valence-electron chi connectivity index (χ1n) is 8.69. The number of rotatable bonds is 3. The first kappa shape index (κ1) is 16.1. The Morgan fingerprint density at radius 2 is 1.96 bits per heavy atom. The van der Waals surface area contributed by atoms with Crippen LogP contribution < -0.4 is 5.32 Å². The number of carbonyl (C=O) groups excluding carboxylic acids is 1. The highest BCUT2D eigenvalue weighted by Crippen LogP contribution is 2.23. The van der Waals surface area contributed by atoms with E-state index in [0.29, 0.717) is 32.9 Å². The van der Waals surface area contributed by atoms with E-state index in [1.807, 2.05) is 41.3 Å². The van der Waals surface area contributed by atoms with Crippen LogP contribution in [0.15, 0.2) is 48.5 Å². The maximum absolute atomic E-state index is 12.6. The fourth-order valence-electron chi connectivity index (χ4n) is 3.36. The molecule has 130 valence electrons. The summed E-state index contributed by atoms with van der Waals surface area (Å²) in [5.41, 5.74) is 4.41. The lowest BCUT2D eigenvalue weighted by Crippen LogP contribution is -2.48. The van der Waals surface area contributed by atoms with Crippen molar-refractivity contribution in [2.24, 2.45) is 0 Å². The second-order valence-corrected chi connectivity index (χ2v) is 6.53. The van der Waals surface area contributed by atoms with Gasteiger partial charge in [0, 0.05) is 25.2 Å². The molecule has 0 aliphatic carbocycles. The number of fused-ring (bicyclic) bond motifs is 1. The van der Waals surface area contributed by atoms with E-state index in [4.69, 9.17) is 9.47 Å². The van der Waals surface area contributed by atoms with Crippen molar-refractivity contribution in [3.8, 4) is 0 Å². The molecule has 0 aromatic heterocycles. The molecule has 0 bridgehead atoms. The number of urea groups is 1. The molecule has 1 atom stereocenters. The number of hydrogen-bond acceptors (Lipinski definition) is 3. The molecule has 2 aliphatic heterocycles. The molecule has 4 rings (SSSR count). The summed E-state index contributed by atoms with van der Waals surface area (Å²) in [7, 11) is 0. The smallest absolute Gasteiger partial charge is 0.322 e. The summed E-state index contributed by atoms with van der Waals surface area (Å²) in [6.45, 7) is 3.08. The third-order valence-electron chi connectivity index (χ3n) is 4.70. The number of morpholine rings is 1. The third kappa shape index (κ3) is 3.83. The zero-order valence-corrected chi connectivity index (χ0v) is 14.1. The van der Waals surface area contributed by atoms with Crippen LogP contribution in [0.5, 0.6) is 0 Å². The highest BCUT2D eigenvalue weighted by Gasteiger charge is 2.24. The van der Waals surface area contributed by atoms with Crippen molar-refractivity contribution in [1.29, 1.82) is 0 Å². The van der Waals surface area contributed by atoms with E-state index in [0.717, 1.165) is 17.7 Å². The Morgan fingerprint density at radius 3 is 2.84 bits per heavy atom. The van der Waals surface area contributed by atoms with Crippen LogP contribution >= 0.6 is 0 Å². The second kappa shape index (κ2) is 7.25. The maximum Gasteiger partial charge on any atom is 0.322 e. The maximum atomic E-state index is 12.6. The number of amides is 2. The van der Waals surface area contributed by atoms with E-state index < -0.39 is 0 Å². The van der Waals surface area contributed by atoms with E-state index in [-0.39, 0.29) is 12.1 Å². The van der Waals surface area contributed by atoms with Crippen LogP contribution in [0.2, 0.25) is 0 Å². The summed E-state index contributed by atoms with van der Waals surface area (Å²) in [5, 5.41) is 3.00. The molecule has 2 amide bonds. The highest BCUT2D eigenvalue weighted by atomic mass is 16.5. The van der Waals surface area contributed by atoms with E-state index >= 15 is 0 Å². The van der Waals surface area contributed by atoms with Gasteiger partial charge in [-0.05, 0) is 28.8 Å². The van der Waals surface area contributed by atoms with Gasteiger partial charge in [-0.1, -0.05) is 36.4 Å². The van der Waals surface area contributed by atoms with Crippen molar-refractivity contribution in [3.63, 3.8) is 0 Å². The van der Waals surface area contributed by atoms with Crippen LogP contribution in [0.4, 0.5) is 10.5 Å². The lowest BCUT2D eigenvalue weighted by Gasteiger charge is -2.33. The summed E-state index contributed by atoms with van der Waals surface area (Å²) in [5.74, 6) is 0. The molecule has 25 heavy (non-hydrogen) atoms. The van der Waals surface area contributed by atoms with Crippen molar-refractivity contribution in [1.82, 2.24) is 4.90 Å². The molecule has 2 aromatic carbocycles. The lowest BCUT2D eigenvalue weighted by molar-refractivity contribution is -0.0113. The van der Waals surface area contributed by atoms with Crippen molar-refractivity contribution >= 4 is 11.7 Å². The molecule has 1 saturated heterocycles. The highest BCUT2D eigenvalue weighted by molar-refractivity contribution is 5.89. The van der Waals surface area contributed by atoms with Crippen LogP contribution in [0.25, 0.3) is 0 Å². The summed E-state index contributed by atoms with van der Waals surface area (Å²) >= 11 is 0. The molecule has 1 N–H and O–H groups in total. The van der Waals surface area contributed by atoms with Gasteiger partial charge in [0.25, 0.3) is 0 Å². The second-order valence-electron chi connectivity index (χ2n) is 6.53. The van der Waals surface area contributed by atoms with Crippen molar-refractivity contribution in [2.75, 3.05) is 25.0 Å². The molecule has 0 radical (unpaired) electrons. The van der Waals surface area contributed by atoms with Gasteiger partial charge in [0.05, 0.1) is 25.9 Å². The first-order chi connectivity index (χ1) is 12.3. The summed E-state index contributed by atoms with van der Waals surface area (Å²) < 4.78 is 11.3. The largest absolute Gasteiger partial charge is 0.374 e. The molecule has 5 nitrogen and oxygen atoms in total. The van der Waals surface area contributed by atoms with Crippen molar-refractivity contribution in [2.45, 2.75) is 25.7 Å². The van der Waals surface area contributed by atoms with Crippen molar-refractivity contribution < 1.29 is 14.3 Å². The Balaban J connectivity index is 1.36. The molecule has 0 unspecified atom stereocenters. The van der Waals surface area contributed by atoms with E-state index in [2.05, 4.69) is 17.4 Å². The van der Waals surface area contributed by atoms with Crippen LogP contribution in [-0.2, 0) is 29.1 Å². The predicted octanol–water partition coefficient (Wildman–Crippen LogP) is 3.19. The zero-order chi connectivity index (χ0) is 17.1. The third-order valence-corrected chi connectivity index (χ3v) is 4.70. The number of carbonyl (C=O) groups is 1. The number of ether oxygens (including phenoxy) is 2. The number of hydrogen-bond donors (Lipinski definition) is 1. The van der Waals surface area contributed by atoms with E-state index in [9.17, 15) is 4.79 Å². The average molecular weight is 338 g/mol. The minimum Gasteiger partial charge on any atom is -0.374 e. The number of nitrogens with one attached hydrogen (secondary N) is 1. The zero-order valence-electron chi connectivity index (χ0n) is 14.1. The molecule has 2 aromatic rings. The van der Waals surface area contributed by atoms with Gasteiger partial charge in [0.1, 0.15) is 0 Å². The van der Waals surface area contributed by atoms with Gasteiger partial charge in [-0.3, -0.25) is 0 Å². The van der Waals surface area contributed by atoms with Gasteiger partial charge >= 0.3 is 6.03 Å². The molecular weight excluding hydrogens is 316 g/mol. The Hall–Kier alpha value is -2.37. The fourth-order valence-corrected chi connectivity index (χ4v) is 3.36. The molecule has 0 spiro atoms. The van der Waals surface area contributed by atoms with Crippen LogP contribution in [-0.4, -0.2) is 36.7 Å². The molecule has 1 fully saturated rings. The quantitative estimate of drug-likeness (QED) is 0.935. The molecular formula is C20H22N2O3. The van der Waals surface area contributed by atoms with Crippen LogP contribution in [0.1, 0.15) is 16.7 Å². The Kier molecular flexibility index (Phi) is 4.68. The molecule has 2 aliphatic rings. The fraction of sp³-hybridized carbons (Fsp3) is 0.350. The minimum atomic E-state index is -0.0692. The number of benzene rings is 2. The Bertz CT molecular complexity index is 748. The van der Waals surface area contributed by atoms with Crippen LogP contribution in [0.3, 0.4) is 0 Å². The molecule has 0 saturated carbocycles. The van der Waals surface area contributed by atoms with Crippen molar-refractivity contribution in [3.05, 3.63) is 65.2 Å². The van der Waals surface area contributed by atoms with Gasteiger partial charge in [-0.2, -0.15) is 0 Å². The van der Waals surface area contributed by atoms with Gasteiger partial charge < -0.3 is 19.7 Å². The topological polar surface area (TPSA) is 50.8 Å². The standard InChI is InChI=1S/C20H22N2O3/c23-20(21-18-7-6-16-13-24-14-17(16)11-18)22-8-9-25-19(12-22)10-15-4-2-1-3-5-15/h1-7,11,19H,8-10,12-14H2,(H,21,23)/t19-/m1/s1. The summed E-state index contributed by atoms with van der Waals surface area (Å²) in [4.78, 5) is 14.4. The van der Waals surface area contributed by atoms with Gasteiger partial charge in [0.15, 0.2) is 0 Å². The van der Waals surface area contributed by atoms with Gasteiger partial charge in [-0.25, -0.2) is 4.79 Å². The summed E-state index contributed by atoms with van der Waals surface area (Å²) in [6, 6.07) is 16.1. The normalized spacial score (nSPS) is 19.5. The van der Waals surface area contributed by atoms with Crippen LogP contribution in [0, 0.1) is 0 Å². The monoisotopic (exact) mass is 338 g/mol. The Labute approximate surface area is 147 Å². The minimum absolute atomic E-state index is 0.0373. The number of nitrogens with zero attached hydrogens (tertiary/aromatic N) is 1. The SMILES string of the molecule is O=C(Nc1ccc2c(c1)COC2)N1CCO[C@H](Cc2ccccc2)C1. The van der Waals surface area contributed by atoms with E-state index in [1.165, 1.54) is 11.1 Å². The Morgan fingerprint density at radius 1 is 1.12 bits per heavy atom. The number of anilines is 1. The van der Waals surface area contributed by atoms with Gasteiger partial charge in [0.2, 0.25) is 0 Å². The van der Waals surface area contributed by atoms with E-state index in [1.54, 1.807) is 0 Å². The predicted molar refractivity (Wildman–Crippen MR) is 95.4 cm³/mol.